The van der Waals surface area contributed by atoms with E-state index in [1.165, 1.54) is 11.8 Å². The smallest absolute Gasteiger partial charge is 0.356 e. The van der Waals surface area contributed by atoms with Gasteiger partial charge in [-0.1, -0.05) is 163 Å². The van der Waals surface area contributed by atoms with Gasteiger partial charge in [-0.2, -0.15) is 0 Å². The van der Waals surface area contributed by atoms with E-state index in [0.717, 1.165) is 16.7 Å². The van der Waals surface area contributed by atoms with Gasteiger partial charge in [-0.15, -0.1) is 5.10 Å². The summed E-state index contributed by atoms with van der Waals surface area (Å²) in [7, 11) is 2.85. The molecule has 0 radical (unpaired) electrons. The second kappa shape index (κ2) is 21.1. The molecule has 1 aromatic heterocycles. The van der Waals surface area contributed by atoms with Crippen molar-refractivity contribution in [3.63, 3.8) is 0 Å². The number of benzene rings is 5. The summed E-state index contributed by atoms with van der Waals surface area (Å²) < 4.78 is 26.1. The van der Waals surface area contributed by atoms with Crippen LogP contribution in [0.25, 0.3) is 0 Å². The number of nitrogens with zero attached hydrogens (tertiary/aromatic N) is 5. The van der Waals surface area contributed by atoms with Crippen molar-refractivity contribution in [2.45, 2.75) is 55.2 Å². The van der Waals surface area contributed by atoms with Gasteiger partial charge in [-0.3, -0.25) is 19.3 Å². The van der Waals surface area contributed by atoms with Crippen molar-refractivity contribution in [3.05, 3.63) is 191 Å². The number of rotatable bonds is 19. The summed E-state index contributed by atoms with van der Waals surface area (Å²) >= 11 is 1.16. The van der Waals surface area contributed by atoms with Crippen molar-refractivity contribution in [2.24, 2.45) is 7.05 Å². The number of ether oxygens (including phenoxy) is 4. The average molecular weight is 897 g/mol. The predicted octanol–water partition coefficient (Wildman–Crippen LogP) is 6.05. The van der Waals surface area contributed by atoms with E-state index in [1.54, 1.807) is 51.2 Å². The zero-order chi connectivity index (χ0) is 45.9. The Kier molecular flexibility index (Phi) is 15.0. The van der Waals surface area contributed by atoms with Crippen molar-refractivity contribution in [1.29, 1.82) is 0 Å². The molecule has 1 aliphatic heterocycles. The van der Waals surface area contributed by atoms with Crippen molar-refractivity contribution >= 4 is 35.5 Å². The minimum atomic E-state index is -2.32. The summed E-state index contributed by atoms with van der Waals surface area (Å²) in [5.41, 5.74) is 0.845. The fourth-order valence-electron chi connectivity index (χ4n) is 7.39. The lowest BCUT2D eigenvalue weighted by atomic mass is 9.92. The lowest BCUT2D eigenvalue weighted by Crippen LogP contribution is -2.82. The van der Waals surface area contributed by atoms with Crippen LogP contribution in [0.4, 0.5) is 0 Å². The zero-order valence-electron chi connectivity index (χ0n) is 36.1. The van der Waals surface area contributed by atoms with Crippen LogP contribution >= 0.6 is 11.8 Å². The van der Waals surface area contributed by atoms with Gasteiger partial charge < -0.3 is 29.4 Å². The van der Waals surface area contributed by atoms with Gasteiger partial charge in [0.05, 0.1) is 12.7 Å². The molecule has 1 fully saturated rings. The maximum atomic E-state index is 14.8. The SMILES string of the molecule is COC1(NC(=O)C(C(=O)OC(c2ccccc2)c2ccccc2)c2ccccc2)C(=O)N(C(C(=O)OC(c2ccccc2)c2ccccc2)=C(C)C)C1OCC(O)CSc1nnnn1C. The number of esters is 2. The molecule has 16 heteroatoms. The normalized spacial score (nSPS) is 16.6. The Morgan fingerprint density at radius 3 is 1.63 bits per heavy atom. The second-order valence-electron chi connectivity index (χ2n) is 15.3. The molecule has 0 spiro atoms. The fourth-order valence-corrected chi connectivity index (χ4v) is 8.15. The fraction of sp³-hybridized carbons (Fsp3) is 0.245. The maximum Gasteiger partial charge on any atom is 0.356 e. The third-order valence-corrected chi connectivity index (χ3v) is 11.7. The number of thioether (sulfide) groups is 1. The number of hydrogen-bond donors (Lipinski definition) is 2. The number of aryl methyl sites for hydroxylation is 1. The first-order valence-corrected chi connectivity index (χ1v) is 21.7. The van der Waals surface area contributed by atoms with Gasteiger partial charge in [0.2, 0.25) is 11.1 Å². The van der Waals surface area contributed by atoms with E-state index in [-0.39, 0.29) is 17.0 Å². The number of nitrogens with one attached hydrogen (secondary N) is 1. The van der Waals surface area contributed by atoms with Crippen LogP contribution in [0.2, 0.25) is 0 Å². The monoisotopic (exact) mass is 896 g/mol. The van der Waals surface area contributed by atoms with Crippen LogP contribution in [-0.2, 0) is 45.2 Å². The van der Waals surface area contributed by atoms with Gasteiger partial charge in [0, 0.05) is 19.9 Å². The highest BCUT2D eigenvalue weighted by atomic mass is 32.2. The third kappa shape index (κ3) is 10.4. The summed E-state index contributed by atoms with van der Waals surface area (Å²) in [5, 5.41) is 25.7. The minimum absolute atomic E-state index is 0.0700. The molecule has 5 aromatic carbocycles. The largest absolute Gasteiger partial charge is 0.452 e. The van der Waals surface area contributed by atoms with Gasteiger partial charge in [-0.05, 0) is 57.7 Å². The molecular formula is C49H48N6O9S. The average Bonchev–Trinajstić information content (AvgIpc) is 3.76. The molecule has 4 atom stereocenters. The lowest BCUT2D eigenvalue weighted by Gasteiger charge is -2.54. The Labute approximate surface area is 380 Å². The number of amides is 2. The molecule has 0 bridgehead atoms. The van der Waals surface area contributed by atoms with E-state index in [2.05, 4.69) is 20.8 Å². The van der Waals surface area contributed by atoms with Crippen molar-refractivity contribution in [3.8, 4) is 0 Å². The first-order chi connectivity index (χ1) is 31.5. The standard InChI is InChI=1S/C49H48N6O9S/c1-32(2)40(45(59)64-42(36-26-16-8-17-27-36)37-28-18-9-19-29-37)55-46(60)49(61-4,47(55)62-30-38(56)31-65-48-51-52-53-54(48)3)50-43(57)39(33-20-10-5-11-21-33)44(58)63-41(34-22-12-6-13-23-34)35-24-14-7-15-25-35/h5-29,38-39,41-42,47,56H,30-31H2,1-4H3,(H,50,57). The number of carbonyl (C=O) groups is 4. The second-order valence-corrected chi connectivity index (χ2v) is 16.3. The van der Waals surface area contributed by atoms with Gasteiger partial charge in [-0.25, -0.2) is 9.48 Å². The molecule has 6 aromatic rings. The minimum Gasteiger partial charge on any atom is -0.452 e. The highest BCUT2D eigenvalue weighted by Crippen LogP contribution is 2.40. The quantitative estimate of drug-likeness (QED) is 0.0240. The van der Waals surface area contributed by atoms with Crippen molar-refractivity contribution in [1.82, 2.24) is 30.4 Å². The highest BCUT2D eigenvalue weighted by molar-refractivity contribution is 7.99. The summed E-state index contributed by atoms with van der Waals surface area (Å²) in [5.74, 6) is -5.18. The summed E-state index contributed by atoms with van der Waals surface area (Å²) in [4.78, 5) is 59.7. The van der Waals surface area contributed by atoms with Crippen molar-refractivity contribution in [2.75, 3.05) is 19.5 Å². The number of tetrazole rings is 1. The van der Waals surface area contributed by atoms with E-state index in [9.17, 15) is 24.3 Å². The molecule has 2 heterocycles. The van der Waals surface area contributed by atoms with Gasteiger partial charge in [0.1, 0.15) is 5.70 Å². The molecule has 1 aliphatic rings. The maximum absolute atomic E-state index is 14.8. The molecule has 4 unspecified atom stereocenters. The highest BCUT2D eigenvalue weighted by Gasteiger charge is 2.67. The topological polar surface area (TPSA) is 184 Å². The summed E-state index contributed by atoms with van der Waals surface area (Å²) in [6, 6.07) is 44.8. The Morgan fingerprint density at radius 2 is 1.20 bits per heavy atom. The Balaban J connectivity index is 1.21. The molecule has 1 saturated heterocycles. The van der Waals surface area contributed by atoms with Crippen LogP contribution < -0.4 is 5.32 Å². The first kappa shape index (κ1) is 46.0. The number of carbonyl (C=O) groups excluding carboxylic acids is 4. The first-order valence-electron chi connectivity index (χ1n) is 20.7. The number of allylic oxidation sites excluding steroid dienone is 1. The lowest BCUT2D eigenvalue weighted by molar-refractivity contribution is -0.258. The van der Waals surface area contributed by atoms with Crippen LogP contribution in [0.15, 0.2) is 168 Å². The Bertz CT molecular complexity index is 2500. The summed E-state index contributed by atoms with van der Waals surface area (Å²) in [6.07, 6.45) is -4.50. The van der Waals surface area contributed by atoms with Crippen LogP contribution in [0.3, 0.4) is 0 Å². The van der Waals surface area contributed by atoms with Gasteiger partial charge >= 0.3 is 11.9 Å². The molecule has 0 saturated carbocycles. The number of aliphatic hydroxyl groups is 1. The van der Waals surface area contributed by atoms with Crippen molar-refractivity contribution < 1.29 is 43.2 Å². The van der Waals surface area contributed by atoms with Crippen LogP contribution in [0.1, 0.15) is 59.8 Å². The van der Waals surface area contributed by atoms with E-state index >= 15 is 0 Å². The Morgan fingerprint density at radius 1 is 0.738 bits per heavy atom. The molecule has 334 valence electrons. The molecule has 2 amide bonds. The number of likely N-dealkylation sites (tertiary alicyclic amines) is 1. The number of aromatic nitrogens is 4. The molecule has 0 aliphatic carbocycles. The van der Waals surface area contributed by atoms with Gasteiger partial charge in [0.25, 0.3) is 11.6 Å². The summed E-state index contributed by atoms with van der Waals surface area (Å²) in [6.45, 7) is 2.85. The van der Waals surface area contributed by atoms with Crippen LogP contribution in [0.5, 0.6) is 0 Å². The van der Waals surface area contributed by atoms with Crippen LogP contribution in [0, 0.1) is 0 Å². The van der Waals surface area contributed by atoms with E-state index in [1.807, 2.05) is 121 Å². The third-order valence-electron chi connectivity index (χ3n) is 10.6. The van der Waals surface area contributed by atoms with E-state index in [4.69, 9.17) is 18.9 Å². The molecule has 65 heavy (non-hydrogen) atoms. The Hall–Kier alpha value is -6.98. The molecule has 15 nitrogen and oxygen atoms in total. The van der Waals surface area contributed by atoms with E-state index < -0.39 is 66.5 Å². The number of hydrogen-bond acceptors (Lipinski definition) is 13. The van der Waals surface area contributed by atoms with Gasteiger partial charge in [0.15, 0.2) is 24.4 Å². The zero-order valence-corrected chi connectivity index (χ0v) is 36.9. The van der Waals surface area contributed by atoms with E-state index in [0.29, 0.717) is 33.0 Å². The number of β-lactam (4-membered cyclic amide) rings is 1. The predicted molar refractivity (Wildman–Crippen MR) is 239 cm³/mol. The molecular weight excluding hydrogens is 849 g/mol. The number of aliphatic hydroxyl groups excluding tert-OH is 1. The molecule has 2 N–H and O–H groups in total. The molecule has 7 rings (SSSR count). The van der Waals surface area contributed by atoms with Crippen LogP contribution in [-0.4, -0.2) is 91.5 Å². The number of methoxy groups -OCH3 is 1.